The van der Waals surface area contributed by atoms with Crippen LogP contribution in [0.15, 0.2) is 54.6 Å². The Labute approximate surface area is 166 Å². The second kappa shape index (κ2) is 8.05. The summed E-state index contributed by atoms with van der Waals surface area (Å²) < 4.78 is 0. The van der Waals surface area contributed by atoms with Gasteiger partial charge in [0.25, 0.3) is 5.91 Å². The molecular formula is C23H27N3O2. The summed E-state index contributed by atoms with van der Waals surface area (Å²) in [7, 11) is 0. The van der Waals surface area contributed by atoms with Crippen molar-refractivity contribution in [3.63, 3.8) is 0 Å². The molecule has 0 aromatic heterocycles. The summed E-state index contributed by atoms with van der Waals surface area (Å²) in [6, 6.07) is 17.6. The molecule has 2 unspecified atom stereocenters. The van der Waals surface area contributed by atoms with E-state index in [1.165, 1.54) is 0 Å². The van der Waals surface area contributed by atoms with Crippen LogP contribution in [0.5, 0.6) is 0 Å². The molecule has 5 heteroatoms. The molecule has 4 rings (SSSR count). The molecule has 0 saturated carbocycles. The molecule has 146 valence electrons. The van der Waals surface area contributed by atoms with Crippen molar-refractivity contribution in [1.82, 2.24) is 10.2 Å². The fourth-order valence-electron chi connectivity index (χ4n) is 4.58. The summed E-state index contributed by atoms with van der Waals surface area (Å²) >= 11 is 0. The minimum Gasteiger partial charge on any atom is -0.349 e. The van der Waals surface area contributed by atoms with Gasteiger partial charge in [-0.25, -0.2) is 4.79 Å². The van der Waals surface area contributed by atoms with Crippen LogP contribution in [0.2, 0.25) is 0 Å². The smallest absolute Gasteiger partial charge is 0.322 e. The Morgan fingerprint density at radius 1 is 0.929 bits per heavy atom. The summed E-state index contributed by atoms with van der Waals surface area (Å²) in [4.78, 5) is 27.6. The topological polar surface area (TPSA) is 61.4 Å². The lowest BCUT2D eigenvalue weighted by atomic mass is 9.82. The third kappa shape index (κ3) is 3.88. The largest absolute Gasteiger partial charge is 0.349 e. The van der Waals surface area contributed by atoms with E-state index in [0.717, 1.165) is 43.4 Å². The molecule has 5 nitrogen and oxygen atoms in total. The molecular weight excluding hydrogens is 350 g/mol. The first-order chi connectivity index (χ1) is 13.6. The highest BCUT2D eigenvalue weighted by molar-refractivity contribution is 5.94. The Hall–Kier alpha value is -2.82. The summed E-state index contributed by atoms with van der Waals surface area (Å²) in [6.45, 7) is 2.00. The lowest BCUT2D eigenvalue weighted by Gasteiger charge is -2.48. The van der Waals surface area contributed by atoms with Crippen LogP contribution in [-0.4, -0.2) is 35.0 Å². The molecule has 2 N–H and O–H groups in total. The van der Waals surface area contributed by atoms with Crippen molar-refractivity contribution < 1.29 is 9.59 Å². The van der Waals surface area contributed by atoms with Crippen LogP contribution in [0.1, 0.15) is 48.0 Å². The van der Waals surface area contributed by atoms with Crippen LogP contribution in [0, 0.1) is 6.92 Å². The number of fused-ring (bicyclic) bond motifs is 2. The summed E-state index contributed by atoms with van der Waals surface area (Å²) in [5.74, 6) is -0.0264. The van der Waals surface area contributed by atoms with Gasteiger partial charge in [-0.3, -0.25) is 4.79 Å². The fraction of sp³-hybridized carbons (Fsp3) is 0.391. The van der Waals surface area contributed by atoms with E-state index in [1.807, 2.05) is 66.4 Å². The quantitative estimate of drug-likeness (QED) is 0.836. The van der Waals surface area contributed by atoms with Crippen LogP contribution >= 0.6 is 0 Å². The van der Waals surface area contributed by atoms with E-state index in [-0.39, 0.29) is 30.1 Å². The number of hydrogen-bond donors (Lipinski definition) is 2. The van der Waals surface area contributed by atoms with Gasteiger partial charge in [-0.05, 0) is 62.8 Å². The number of carbonyl (C=O) groups excluding carboxylic acids is 2. The molecule has 28 heavy (non-hydrogen) atoms. The number of rotatable bonds is 3. The molecule has 2 fully saturated rings. The average Bonchev–Trinajstić information content (AvgIpc) is 2.69. The van der Waals surface area contributed by atoms with Crippen molar-refractivity contribution in [1.29, 1.82) is 0 Å². The van der Waals surface area contributed by atoms with E-state index >= 15 is 0 Å². The number of benzene rings is 2. The highest BCUT2D eigenvalue weighted by Crippen LogP contribution is 2.35. The van der Waals surface area contributed by atoms with E-state index in [4.69, 9.17) is 0 Å². The van der Waals surface area contributed by atoms with Crippen LogP contribution in [0.4, 0.5) is 10.5 Å². The van der Waals surface area contributed by atoms with E-state index in [9.17, 15) is 9.59 Å². The zero-order valence-corrected chi connectivity index (χ0v) is 16.2. The lowest BCUT2D eigenvalue weighted by Crippen LogP contribution is -2.59. The van der Waals surface area contributed by atoms with Crippen molar-refractivity contribution in [3.05, 3.63) is 65.7 Å². The standard InChI is InChI=1S/C23H27N3O2/c1-16-8-5-6-13-21(16)25-23(28)26-19-11-7-12-20(26)15-18(14-19)24-22(27)17-9-3-2-4-10-17/h2-6,8-10,13,18-20H,7,11-12,14-15H2,1H3,(H,24,27)(H,25,28). The van der Waals surface area contributed by atoms with E-state index in [1.54, 1.807) is 0 Å². The highest BCUT2D eigenvalue weighted by atomic mass is 16.2. The van der Waals surface area contributed by atoms with Gasteiger partial charge in [0, 0.05) is 29.4 Å². The first-order valence-electron chi connectivity index (χ1n) is 10.1. The van der Waals surface area contributed by atoms with Gasteiger partial charge in [-0.2, -0.15) is 0 Å². The molecule has 2 aliphatic heterocycles. The molecule has 2 bridgehead atoms. The van der Waals surface area contributed by atoms with Gasteiger partial charge in [-0.15, -0.1) is 0 Å². The third-order valence-electron chi connectivity index (χ3n) is 5.97. The van der Waals surface area contributed by atoms with Gasteiger partial charge in [-0.1, -0.05) is 36.4 Å². The van der Waals surface area contributed by atoms with Crippen molar-refractivity contribution in [2.75, 3.05) is 5.32 Å². The maximum atomic E-state index is 13.0. The SMILES string of the molecule is Cc1ccccc1NC(=O)N1C2CCCC1CC(NC(=O)c1ccccc1)C2. The molecule has 2 aliphatic rings. The molecule has 0 radical (unpaired) electrons. The molecule has 3 amide bonds. The number of anilines is 1. The van der Waals surface area contributed by atoms with E-state index in [0.29, 0.717) is 5.56 Å². The minimum absolute atomic E-state index is 0.0168. The number of carbonyl (C=O) groups is 2. The van der Waals surface area contributed by atoms with Crippen LogP contribution < -0.4 is 10.6 Å². The molecule has 2 aromatic rings. The molecule has 2 aromatic carbocycles. The first-order valence-corrected chi connectivity index (χ1v) is 10.1. The van der Waals surface area contributed by atoms with Crippen molar-refractivity contribution >= 4 is 17.6 Å². The Morgan fingerprint density at radius 3 is 2.25 bits per heavy atom. The average molecular weight is 377 g/mol. The van der Waals surface area contributed by atoms with Crippen LogP contribution in [0.25, 0.3) is 0 Å². The molecule has 2 heterocycles. The van der Waals surface area contributed by atoms with Gasteiger partial charge in [0.15, 0.2) is 0 Å². The normalized spacial score (nSPS) is 23.8. The monoisotopic (exact) mass is 377 g/mol. The molecule has 0 aliphatic carbocycles. The van der Waals surface area contributed by atoms with E-state index in [2.05, 4.69) is 10.6 Å². The maximum absolute atomic E-state index is 13.0. The predicted molar refractivity (Wildman–Crippen MR) is 110 cm³/mol. The van der Waals surface area contributed by atoms with Gasteiger partial charge in [0.2, 0.25) is 0 Å². The summed E-state index contributed by atoms with van der Waals surface area (Å²) in [6.07, 6.45) is 4.76. The lowest BCUT2D eigenvalue weighted by molar-refractivity contribution is 0.0577. The second-order valence-corrected chi connectivity index (χ2v) is 7.90. The summed E-state index contributed by atoms with van der Waals surface area (Å²) in [5.41, 5.74) is 2.61. The number of nitrogens with zero attached hydrogens (tertiary/aromatic N) is 1. The number of amides is 3. The Morgan fingerprint density at radius 2 is 1.57 bits per heavy atom. The van der Waals surface area contributed by atoms with Gasteiger partial charge >= 0.3 is 6.03 Å². The number of hydrogen-bond acceptors (Lipinski definition) is 2. The predicted octanol–water partition coefficient (Wildman–Crippen LogP) is 4.34. The second-order valence-electron chi connectivity index (χ2n) is 7.90. The number of nitrogens with one attached hydrogen (secondary N) is 2. The zero-order chi connectivity index (χ0) is 19.5. The number of piperidine rings is 2. The van der Waals surface area contributed by atoms with Gasteiger partial charge < -0.3 is 15.5 Å². The molecule has 2 saturated heterocycles. The van der Waals surface area contributed by atoms with Gasteiger partial charge in [0.05, 0.1) is 0 Å². The van der Waals surface area contributed by atoms with E-state index < -0.39 is 0 Å². The number of aryl methyl sites for hydroxylation is 1. The van der Waals surface area contributed by atoms with Crippen molar-refractivity contribution in [2.24, 2.45) is 0 Å². The third-order valence-corrected chi connectivity index (χ3v) is 5.97. The molecule has 0 spiro atoms. The van der Waals surface area contributed by atoms with Gasteiger partial charge in [0.1, 0.15) is 0 Å². The Bertz CT molecular complexity index is 838. The zero-order valence-electron chi connectivity index (χ0n) is 16.2. The molecule has 2 atom stereocenters. The Balaban J connectivity index is 1.43. The number of urea groups is 1. The van der Waals surface area contributed by atoms with Crippen molar-refractivity contribution in [3.8, 4) is 0 Å². The first kappa shape index (κ1) is 18.5. The minimum atomic E-state index is -0.0264. The number of para-hydroxylation sites is 1. The Kier molecular flexibility index (Phi) is 5.33. The summed E-state index contributed by atoms with van der Waals surface area (Å²) in [5, 5.41) is 6.27. The fourth-order valence-corrected chi connectivity index (χ4v) is 4.58. The van der Waals surface area contributed by atoms with Crippen LogP contribution in [0.3, 0.4) is 0 Å². The van der Waals surface area contributed by atoms with Crippen LogP contribution in [-0.2, 0) is 0 Å². The highest BCUT2D eigenvalue weighted by Gasteiger charge is 2.41. The maximum Gasteiger partial charge on any atom is 0.322 e. The van der Waals surface area contributed by atoms with Crippen molar-refractivity contribution in [2.45, 2.75) is 57.2 Å².